The zero-order valence-electron chi connectivity index (χ0n) is 15.3. The lowest BCUT2D eigenvalue weighted by atomic mass is 10.1. The first-order valence-corrected chi connectivity index (χ1v) is 19.0. The van der Waals surface area contributed by atoms with Crippen LogP contribution in [-0.4, -0.2) is 16.1 Å². The van der Waals surface area contributed by atoms with Gasteiger partial charge in [-0.15, -0.1) is 34.0 Å². The SMILES string of the molecule is C[Si]1(C)c2cc(Br)sc2-c2sc3c4c(ccc3c21)-c1sc(Br)cc1[Si]4(C)C. The molecule has 0 N–H and O–H groups in total. The van der Waals surface area contributed by atoms with Crippen molar-refractivity contribution in [1.82, 2.24) is 0 Å². The van der Waals surface area contributed by atoms with Gasteiger partial charge in [0.25, 0.3) is 0 Å². The fourth-order valence-corrected chi connectivity index (χ4v) is 20.2. The minimum Gasteiger partial charge on any atom is -0.135 e. The summed E-state index contributed by atoms with van der Waals surface area (Å²) in [5.74, 6) is 0. The lowest BCUT2D eigenvalue weighted by Crippen LogP contribution is -2.50. The summed E-state index contributed by atoms with van der Waals surface area (Å²) in [5, 5.41) is 8.18. The van der Waals surface area contributed by atoms with Crippen molar-refractivity contribution in [3.05, 3.63) is 31.8 Å². The highest BCUT2D eigenvalue weighted by Gasteiger charge is 2.45. The Bertz CT molecular complexity index is 1310. The molecule has 0 atom stereocenters. The van der Waals surface area contributed by atoms with Crippen LogP contribution in [-0.2, 0) is 0 Å². The molecule has 136 valence electrons. The maximum absolute atomic E-state index is 3.74. The maximum atomic E-state index is 3.74. The van der Waals surface area contributed by atoms with Crippen LogP contribution >= 0.6 is 65.9 Å². The highest BCUT2D eigenvalue weighted by atomic mass is 79.9. The lowest BCUT2D eigenvalue weighted by molar-refractivity contribution is 1.83. The molecule has 0 bridgehead atoms. The molecule has 0 unspecified atom stereocenters. The predicted octanol–water partition coefficient (Wildman–Crippen LogP) is 6.16. The maximum Gasteiger partial charge on any atom is 0.116 e. The number of benzene rings is 1. The first-order valence-electron chi connectivity index (χ1n) is 8.92. The number of halogens is 2. The number of fused-ring (bicyclic) bond motifs is 9. The lowest BCUT2D eigenvalue weighted by Gasteiger charge is -2.21. The Balaban J connectivity index is 1.74. The zero-order valence-corrected chi connectivity index (χ0v) is 22.9. The van der Waals surface area contributed by atoms with Crippen LogP contribution in [0.2, 0.25) is 26.2 Å². The Kier molecular flexibility index (Phi) is 3.53. The van der Waals surface area contributed by atoms with Gasteiger partial charge in [-0.25, -0.2) is 0 Å². The normalized spacial score (nSPS) is 17.9. The average molecular weight is 569 g/mol. The van der Waals surface area contributed by atoms with E-state index in [0.29, 0.717) is 0 Å². The molecule has 0 fully saturated rings. The van der Waals surface area contributed by atoms with E-state index in [1.807, 2.05) is 22.7 Å². The number of rotatable bonds is 0. The van der Waals surface area contributed by atoms with Gasteiger partial charge in [-0.2, -0.15) is 0 Å². The van der Waals surface area contributed by atoms with E-state index in [2.05, 4.69) is 93.7 Å². The van der Waals surface area contributed by atoms with Crippen LogP contribution in [0.1, 0.15) is 0 Å². The van der Waals surface area contributed by atoms with Gasteiger partial charge in [0.2, 0.25) is 0 Å². The molecule has 2 aliphatic heterocycles. The third kappa shape index (κ3) is 2.07. The Morgan fingerprint density at radius 2 is 1.30 bits per heavy atom. The van der Waals surface area contributed by atoms with Crippen molar-refractivity contribution < 1.29 is 0 Å². The fourth-order valence-electron chi connectivity index (χ4n) is 5.04. The summed E-state index contributed by atoms with van der Waals surface area (Å²) in [6.45, 7) is 10.1. The van der Waals surface area contributed by atoms with E-state index >= 15 is 0 Å². The molecule has 6 rings (SSSR count). The van der Waals surface area contributed by atoms with Gasteiger partial charge in [-0.05, 0) is 75.7 Å². The molecule has 0 saturated carbocycles. The summed E-state index contributed by atoms with van der Waals surface area (Å²) in [5.41, 5.74) is 1.51. The van der Waals surface area contributed by atoms with Crippen molar-refractivity contribution in [1.29, 1.82) is 0 Å². The van der Waals surface area contributed by atoms with E-state index in [1.165, 1.54) is 18.0 Å². The van der Waals surface area contributed by atoms with Crippen LogP contribution < -0.4 is 20.7 Å². The molecule has 0 nitrogen and oxygen atoms in total. The van der Waals surface area contributed by atoms with Crippen molar-refractivity contribution in [2.75, 3.05) is 0 Å². The largest absolute Gasteiger partial charge is 0.135 e. The van der Waals surface area contributed by atoms with Crippen molar-refractivity contribution in [2.24, 2.45) is 0 Å². The van der Waals surface area contributed by atoms with E-state index in [0.717, 1.165) is 0 Å². The first kappa shape index (κ1) is 17.8. The Morgan fingerprint density at radius 1 is 0.704 bits per heavy atom. The minimum atomic E-state index is -1.66. The number of hydrogen-bond acceptors (Lipinski definition) is 3. The van der Waals surface area contributed by atoms with E-state index in [1.54, 1.807) is 40.6 Å². The Morgan fingerprint density at radius 3 is 2.00 bits per heavy atom. The van der Waals surface area contributed by atoms with Crippen LogP contribution in [0.3, 0.4) is 0 Å². The van der Waals surface area contributed by atoms with E-state index < -0.39 is 16.1 Å². The topological polar surface area (TPSA) is 0 Å². The summed E-state index contributed by atoms with van der Waals surface area (Å²) in [6, 6.07) is 9.66. The van der Waals surface area contributed by atoms with Crippen molar-refractivity contribution in [2.45, 2.75) is 26.2 Å². The standard InChI is InChI=1S/C20H16Br2S3Si2/c1-26(2)11-7-13(21)23-15(11)9-5-6-10-16(19(9)26)25-18-17-12(8-14(22)24-17)27(3,4)20(10)18/h5-8H,1-4H3. The van der Waals surface area contributed by atoms with E-state index in [4.69, 9.17) is 0 Å². The Labute approximate surface area is 189 Å². The second-order valence-electron chi connectivity index (χ2n) is 8.51. The molecular formula is C20H16Br2S3Si2. The second kappa shape index (κ2) is 5.36. The molecule has 4 aromatic rings. The highest BCUT2D eigenvalue weighted by molar-refractivity contribution is 9.11. The average Bonchev–Trinajstić information content (AvgIpc) is 3.32. The number of hydrogen-bond donors (Lipinski definition) is 0. The van der Waals surface area contributed by atoms with Crippen molar-refractivity contribution >= 4 is 113 Å². The molecule has 3 aromatic heterocycles. The molecule has 0 saturated heterocycles. The van der Waals surface area contributed by atoms with Gasteiger partial charge in [0.1, 0.15) is 16.1 Å². The molecule has 0 amide bonds. The van der Waals surface area contributed by atoms with Crippen LogP contribution in [0.25, 0.3) is 30.3 Å². The molecule has 5 heterocycles. The summed E-state index contributed by atoms with van der Waals surface area (Å²) in [4.78, 5) is 4.63. The molecule has 0 aliphatic carbocycles. The van der Waals surface area contributed by atoms with Gasteiger partial charge < -0.3 is 0 Å². The molecule has 0 radical (unpaired) electrons. The van der Waals surface area contributed by atoms with Gasteiger partial charge in [-0.1, -0.05) is 38.3 Å². The predicted molar refractivity (Wildman–Crippen MR) is 137 cm³/mol. The summed E-state index contributed by atoms with van der Waals surface area (Å²) in [6.07, 6.45) is 0. The van der Waals surface area contributed by atoms with Crippen molar-refractivity contribution in [3.63, 3.8) is 0 Å². The van der Waals surface area contributed by atoms with Gasteiger partial charge in [-0.3, -0.25) is 0 Å². The molecule has 1 aromatic carbocycles. The zero-order chi connectivity index (χ0) is 18.9. The molecule has 0 spiro atoms. The fraction of sp³-hybridized carbons (Fsp3) is 0.200. The molecule has 27 heavy (non-hydrogen) atoms. The smallest absolute Gasteiger partial charge is 0.116 e. The third-order valence-corrected chi connectivity index (χ3v) is 18.8. The van der Waals surface area contributed by atoms with Gasteiger partial charge >= 0.3 is 0 Å². The van der Waals surface area contributed by atoms with Crippen LogP contribution in [0.4, 0.5) is 0 Å². The van der Waals surface area contributed by atoms with Crippen molar-refractivity contribution in [3.8, 4) is 20.2 Å². The monoisotopic (exact) mass is 566 g/mol. The molecule has 7 heteroatoms. The minimum absolute atomic E-state index is 1.27. The summed E-state index contributed by atoms with van der Waals surface area (Å²) >= 11 is 13.4. The highest BCUT2D eigenvalue weighted by Crippen LogP contribution is 2.46. The van der Waals surface area contributed by atoms with Crippen LogP contribution in [0, 0.1) is 0 Å². The van der Waals surface area contributed by atoms with Gasteiger partial charge in [0.15, 0.2) is 0 Å². The van der Waals surface area contributed by atoms with Gasteiger partial charge in [0.05, 0.1) is 7.57 Å². The summed E-state index contributed by atoms with van der Waals surface area (Å²) in [7, 11) is -3.28. The van der Waals surface area contributed by atoms with Gasteiger partial charge in [0, 0.05) is 19.3 Å². The number of thiophene rings is 3. The second-order valence-corrected chi connectivity index (χ2v) is 23.0. The van der Waals surface area contributed by atoms with E-state index in [-0.39, 0.29) is 0 Å². The van der Waals surface area contributed by atoms with Crippen LogP contribution in [0.5, 0.6) is 0 Å². The van der Waals surface area contributed by atoms with Crippen LogP contribution in [0.15, 0.2) is 31.8 Å². The first-order chi connectivity index (χ1) is 12.7. The third-order valence-electron chi connectivity index (χ3n) is 6.31. The quantitative estimate of drug-likeness (QED) is 0.223. The molecule has 2 aliphatic rings. The summed E-state index contributed by atoms with van der Waals surface area (Å²) < 4.78 is 4.14. The Hall–Kier alpha value is -0.0262. The molecular weight excluding hydrogens is 552 g/mol. The van der Waals surface area contributed by atoms with E-state index in [9.17, 15) is 0 Å².